The van der Waals surface area contributed by atoms with Crippen LogP contribution in [0.5, 0.6) is 17.2 Å². The summed E-state index contributed by atoms with van der Waals surface area (Å²) in [5.41, 5.74) is 1.70. The van der Waals surface area contributed by atoms with Crippen LogP contribution < -0.4 is 24.8 Å². The van der Waals surface area contributed by atoms with E-state index in [1.165, 1.54) is 7.11 Å². The Kier molecular flexibility index (Phi) is 9.42. The molecule has 0 bridgehead atoms. The average Bonchev–Trinajstić information content (AvgIpc) is 2.79. The normalized spacial score (nSPS) is 10.9. The molecule has 0 atom stereocenters. The largest absolute Gasteiger partial charge is 0.497 e. The van der Waals surface area contributed by atoms with Crippen LogP contribution >= 0.6 is 0 Å². The van der Waals surface area contributed by atoms with Crippen LogP contribution in [0.25, 0.3) is 6.08 Å². The summed E-state index contributed by atoms with van der Waals surface area (Å²) in [4.78, 5) is 25.3. The maximum atomic E-state index is 12.7. The molecule has 166 valence electrons. The maximum Gasteiger partial charge on any atom is 0.267 e. The minimum absolute atomic E-state index is 0.0859. The number of methoxy groups -OCH3 is 3. The molecule has 2 rings (SSSR count). The number of amides is 2. The minimum Gasteiger partial charge on any atom is -0.497 e. The van der Waals surface area contributed by atoms with Crippen molar-refractivity contribution in [2.45, 2.75) is 26.2 Å². The second-order valence-electron chi connectivity index (χ2n) is 6.85. The highest BCUT2D eigenvalue weighted by molar-refractivity contribution is 6.01. The number of carbonyl (C=O) groups excluding carboxylic acids is 2. The second kappa shape index (κ2) is 12.3. The number of unbranched alkanes of at least 4 members (excludes halogenated alkanes) is 1. The number of hydrogen-bond donors (Lipinski definition) is 2. The summed E-state index contributed by atoms with van der Waals surface area (Å²) in [5, 5.41) is 5.59. The van der Waals surface area contributed by atoms with E-state index < -0.39 is 0 Å². The Labute approximate surface area is 183 Å². The number of ether oxygens (including phenoxy) is 3. The third-order valence-corrected chi connectivity index (χ3v) is 4.57. The third-order valence-electron chi connectivity index (χ3n) is 4.57. The molecular weight excluding hydrogens is 396 g/mol. The predicted octanol–water partition coefficient (Wildman–Crippen LogP) is 3.33. The first-order valence-corrected chi connectivity index (χ1v) is 10.1. The van der Waals surface area contributed by atoms with Crippen LogP contribution in [0.4, 0.5) is 0 Å². The van der Waals surface area contributed by atoms with E-state index in [-0.39, 0.29) is 23.9 Å². The topological polar surface area (TPSA) is 85.9 Å². The van der Waals surface area contributed by atoms with Gasteiger partial charge >= 0.3 is 0 Å². The average molecular weight is 427 g/mol. The van der Waals surface area contributed by atoms with Crippen LogP contribution in [0, 0.1) is 0 Å². The van der Waals surface area contributed by atoms with Crippen LogP contribution in [0.2, 0.25) is 0 Å². The van der Waals surface area contributed by atoms with Crippen molar-refractivity contribution < 1.29 is 23.8 Å². The van der Waals surface area contributed by atoms with Gasteiger partial charge in [-0.25, -0.2) is 0 Å². The van der Waals surface area contributed by atoms with Gasteiger partial charge in [-0.1, -0.05) is 31.5 Å². The van der Waals surface area contributed by atoms with Gasteiger partial charge in [-0.05, 0) is 47.9 Å². The Hall–Kier alpha value is -3.48. The van der Waals surface area contributed by atoms with Gasteiger partial charge in [-0.2, -0.15) is 0 Å². The Bertz CT molecular complexity index is 907. The Balaban J connectivity index is 2.17. The van der Waals surface area contributed by atoms with E-state index in [0.29, 0.717) is 23.8 Å². The summed E-state index contributed by atoms with van der Waals surface area (Å²) < 4.78 is 15.7. The third kappa shape index (κ3) is 7.37. The predicted molar refractivity (Wildman–Crippen MR) is 120 cm³/mol. The molecule has 2 N–H and O–H groups in total. The molecule has 2 aromatic rings. The van der Waals surface area contributed by atoms with Gasteiger partial charge in [0, 0.05) is 6.54 Å². The molecule has 0 fully saturated rings. The number of rotatable bonds is 11. The van der Waals surface area contributed by atoms with Crippen molar-refractivity contribution in [3.8, 4) is 17.2 Å². The molecule has 0 saturated heterocycles. The molecule has 0 aliphatic rings. The van der Waals surface area contributed by atoms with Gasteiger partial charge in [0.15, 0.2) is 11.5 Å². The fourth-order valence-electron chi connectivity index (χ4n) is 2.87. The zero-order chi connectivity index (χ0) is 22.6. The molecule has 0 radical (unpaired) electrons. The van der Waals surface area contributed by atoms with E-state index >= 15 is 0 Å². The standard InChI is InChI=1S/C24H30N2O5/c1-5-6-13-25-24(28)20(14-17-7-10-19(29-2)11-8-17)26-23(27)16-18-9-12-21(30-3)22(15-18)31-4/h7-12,14-15H,5-6,13,16H2,1-4H3,(H,25,28)(H,26,27)/b20-14+. The van der Waals surface area contributed by atoms with Gasteiger partial charge in [0.1, 0.15) is 11.4 Å². The van der Waals surface area contributed by atoms with Crippen LogP contribution in [0.3, 0.4) is 0 Å². The van der Waals surface area contributed by atoms with E-state index in [4.69, 9.17) is 14.2 Å². The van der Waals surface area contributed by atoms with Gasteiger partial charge in [-0.3, -0.25) is 9.59 Å². The second-order valence-corrected chi connectivity index (χ2v) is 6.85. The molecule has 0 heterocycles. The van der Waals surface area contributed by atoms with Crippen molar-refractivity contribution in [1.82, 2.24) is 10.6 Å². The maximum absolute atomic E-state index is 12.7. The van der Waals surface area contributed by atoms with Crippen molar-refractivity contribution in [2.24, 2.45) is 0 Å². The lowest BCUT2D eigenvalue weighted by Crippen LogP contribution is -2.35. The molecule has 0 aromatic heterocycles. The van der Waals surface area contributed by atoms with Crippen LogP contribution in [0.15, 0.2) is 48.2 Å². The molecule has 0 saturated carbocycles. The van der Waals surface area contributed by atoms with Gasteiger partial charge in [-0.15, -0.1) is 0 Å². The Morgan fingerprint density at radius 3 is 2.26 bits per heavy atom. The molecule has 0 unspecified atom stereocenters. The fraction of sp³-hybridized carbons (Fsp3) is 0.333. The van der Waals surface area contributed by atoms with Crippen LogP contribution in [-0.2, 0) is 16.0 Å². The van der Waals surface area contributed by atoms with Crippen LogP contribution in [0.1, 0.15) is 30.9 Å². The van der Waals surface area contributed by atoms with E-state index in [1.807, 2.05) is 19.1 Å². The minimum atomic E-state index is -0.329. The summed E-state index contributed by atoms with van der Waals surface area (Å²) in [7, 11) is 4.68. The smallest absolute Gasteiger partial charge is 0.267 e. The monoisotopic (exact) mass is 426 g/mol. The van der Waals surface area contributed by atoms with E-state index in [1.54, 1.807) is 50.6 Å². The number of carbonyl (C=O) groups is 2. The van der Waals surface area contributed by atoms with Gasteiger partial charge in [0.25, 0.3) is 5.91 Å². The van der Waals surface area contributed by atoms with E-state index in [2.05, 4.69) is 10.6 Å². The molecule has 0 aliphatic carbocycles. The van der Waals surface area contributed by atoms with Crippen molar-refractivity contribution in [2.75, 3.05) is 27.9 Å². The molecular formula is C24H30N2O5. The lowest BCUT2D eigenvalue weighted by Gasteiger charge is -2.12. The summed E-state index contributed by atoms with van der Waals surface area (Å²) in [6, 6.07) is 12.5. The Morgan fingerprint density at radius 1 is 0.935 bits per heavy atom. The summed E-state index contributed by atoms with van der Waals surface area (Å²) in [6.07, 6.45) is 3.56. The van der Waals surface area contributed by atoms with Crippen molar-refractivity contribution in [3.05, 3.63) is 59.3 Å². The van der Waals surface area contributed by atoms with Gasteiger partial charge in [0.05, 0.1) is 27.8 Å². The molecule has 2 amide bonds. The van der Waals surface area contributed by atoms with Crippen molar-refractivity contribution in [1.29, 1.82) is 0 Å². The molecule has 7 heteroatoms. The van der Waals surface area contributed by atoms with E-state index in [9.17, 15) is 9.59 Å². The zero-order valence-corrected chi connectivity index (χ0v) is 18.5. The summed E-state index contributed by atoms with van der Waals surface area (Å²) >= 11 is 0. The summed E-state index contributed by atoms with van der Waals surface area (Å²) in [6.45, 7) is 2.59. The molecule has 0 spiro atoms. The fourth-order valence-corrected chi connectivity index (χ4v) is 2.87. The quantitative estimate of drug-likeness (QED) is 0.425. The molecule has 0 aliphatic heterocycles. The lowest BCUT2D eigenvalue weighted by atomic mass is 10.1. The van der Waals surface area contributed by atoms with Crippen molar-refractivity contribution in [3.63, 3.8) is 0 Å². The van der Waals surface area contributed by atoms with Crippen LogP contribution in [-0.4, -0.2) is 39.7 Å². The zero-order valence-electron chi connectivity index (χ0n) is 18.5. The highest BCUT2D eigenvalue weighted by atomic mass is 16.5. The number of nitrogens with one attached hydrogen (secondary N) is 2. The first-order valence-electron chi connectivity index (χ1n) is 10.1. The Morgan fingerprint density at radius 2 is 1.65 bits per heavy atom. The molecule has 7 nitrogen and oxygen atoms in total. The first kappa shape index (κ1) is 23.8. The number of hydrogen-bond acceptors (Lipinski definition) is 5. The summed E-state index contributed by atoms with van der Waals surface area (Å²) in [5.74, 6) is 1.20. The highest BCUT2D eigenvalue weighted by Crippen LogP contribution is 2.27. The number of benzene rings is 2. The highest BCUT2D eigenvalue weighted by Gasteiger charge is 2.14. The molecule has 31 heavy (non-hydrogen) atoms. The lowest BCUT2D eigenvalue weighted by molar-refractivity contribution is -0.123. The van der Waals surface area contributed by atoms with Crippen molar-refractivity contribution >= 4 is 17.9 Å². The SMILES string of the molecule is CCCCNC(=O)/C(=C\c1ccc(OC)cc1)NC(=O)Cc1ccc(OC)c(OC)c1. The first-order chi connectivity index (χ1) is 15.0. The van der Waals surface area contributed by atoms with E-state index in [0.717, 1.165) is 24.0 Å². The van der Waals surface area contributed by atoms with Gasteiger partial charge in [0.2, 0.25) is 5.91 Å². The van der Waals surface area contributed by atoms with Gasteiger partial charge < -0.3 is 24.8 Å². The molecule has 2 aromatic carbocycles.